The fourth-order valence-corrected chi connectivity index (χ4v) is 4.75. The van der Waals surface area contributed by atoms with Crippen LogP contribution in [-0.4, -0.2) is 75.9 Å². The van der Waals surface area contributed by atoms with E-state index in [4.69, 9.17) is 24.7 Å². The summed E-state index contributed by atoms with van der Waals surface area (Å²) in [6.07, 6.45) is 1.15. The number of alkyl carbamates (subject to hydrolysis) is 1. The summed E-state index contributed by atoms with van der Waals surface area (Å²) in [5.74, 6) is 1.41. The molecule has 1 saturated heterocycles. The van der Waals surface area contributed by atoms with Crippen LogP contribution >= 0.6 is 0 Å². The molecule has 1 heterocycles. The zero-order valence-corrected chi connectivity index (χ0v) is 24.4. The molecule has 0 unspecified atom stereocenters. The van der Waals surface area contributed by atoms with E-state index in [0.29, 0.717) is 37.1 Å². The Morgan fingerprint density at radius 1 is 1.15 bits per heavy atom. The monoisotopic (exact) mass is 551 g/mol. The number of nitrogens with one attached hydrogen (secondary N) is 2. The summed E-state index contributed by atoms with van der Waals surface area (Å²) in [4.78, 5) is 24.1. The molecule has 1 aromatic rings. The maximum absolute atomic E-state index is 12.9. The highest BCUT2D eigenvalue weighted by Crippen LogP contribution is 2.31. The zero-order valence-electron chi connectivity index (χ0n) is 24.4. The Morgan fingerprint density at radius 2 is 1.90 bits per heavy atom. The molecule has 39 heavy (non-hydrogen) atoms. The minimum Gasteiger partial charge on any atom is -0.493 e. The van der Waals surface area contributed by atoms with Gasteiger partial charge in [0.05, 0.1) is 25.9 Å². The average Bonchev–Trinajstić information content (AvgIpc) is 3.32. The molecule has 0 spiro atoms. The number of methoxy groups -OCH3 is 2. The first kappa shape index (κ1) is 32.7. The van der Waals surface area contributed by atoms with Crippen LogP contribution < -0.4 is 25.8 Å². The smallest absolute Gasteiger partial charge is 0.407 e. The van der Waals surface area contributed by atoms with Crippen molar-refractivity contribution in [3.8, 4) is 11.5 Å². The van der Waals surface area contributed by atoms with Crippen LogP contribution in [-0.2, 0) is 20.7 Å². The minimum atomic E-state index is -0.825. The van der Waals surface area contributed by atoms with E-state index in [0.717, 1.165) is 18.4 Å². The van der Waals surface area contributed by atoms with Crippen LogP contribution in [0.25, 0.3) is 0 Å². The van der Waals surface area contributed by atoms with E-state index in [1.165, 1.54) is 0 Å². The van der Waals surface area contributed by atoms with Gasteiger partial charge >= 0.3 is 6.09 Å². The lowest BCUT2D eigenvalue weighted by Gasteiger charge is -2.30. The summed E-state index contributed by atoms with van der Waals surface area (Å²) in [7, 11) is 3.29. The van der Waals surface area contributed by atoms with Crippen LogP contribution in [0.5, 0.6) is 11.5 Å². The largest absolute Gasteiger partial charge is 0.493 e. The summed E-state index contributed by atoms with van der Waals surface area (Å²) < 4.78 is 21.4. The number of hydrogen-bond donors (Lipinski definition) is 4. The summed E-state index contributed by atoms with van der Waals surface area (Å²) in [6.45, 7) is 9.90. The van der Waals surface area contributed by atoms with Gasteiger partial charge in [0.25, 0.3) is 0 Å². The first-order chi connectivity index (χ1) is 18.5. The van der Waals surface area contributed by atoms with Gasteiger partial charge in [-0.3, -0.25) is 4.79 Å². The molecule has 1 aliphatic heterocycles. The van der Waals surface area contributed by atoms with E-state index in [-0.39, 0.29) is 43.4 Å². The molecule has 1 fully saturated rings. The molecule has 0 aromatic heterocycles. The molecular formula is C29H49N3O7. The average molecular weight is 552 g/mol. The number of benzene rings is 1. The van der Waals surface area contributed by atoms with E-state index in [1.807, 2.05) is 32.0 Å². The van der Waals surface area contributed by atoms with Gasteiger partial charge < -0.3 is 40.4 Å². The number of hydrogen-bond acceptors (Lipinski definition) is 8. The molecule has 1 aliphatic rings. The molecule has 10 nitrogen and oxygen atoms in total. The third kappa shape index (κ3) is 10.8. The highest BCUT2D eigenvalue weighted by Gasteiger charge is 2.31. The lowest BCUT2D eigenvalue weighted by Crippen LogP contribution is -2.45. The van der Waals surface area contributed by atoms with E-state index in [2.05, 4.69) is 24.5 Å². The van der Waals surface area contributed by atoms with E-state index in [1.54, 1.807) is 14.2 Å². The third-order valence-corrected chi connectivity index (χ3v) is 7.39. The third-order valence-electron chi connectivity index (χ3n) is 7.39. The normalized spacial score (nSPS) is 18.3. The first-order valence-electron chi connectivity index (χ1n) is 14.0. The summed E-state index contributed by atoms with van der Waals surface area (Å²) >= 11 is 0. The van der Waals surface area contributed by atoms with Crippen molar-refractivity contribution in [2.75, 3.05) is 40.6 Å². The molecule has 2 rings (SSSR count). The molecule has 0 radical (unpaired) electrons. The van der Waals surface area contributed by atoms with Crippen molar-refractivity contribution in [1.82, 2.24) is 10.6 Å². The number of nitrogens with two attached hydrogens (primary N) is 1. The summed E-state index contributed by atoms with van der Waals surface area (Å²) in [6, 6.07) is 5.25. The van der Waals surface area contributed by atoms with Gasteiger partial charge in [0.2, 0.25) is 5.91 Å². The van der Waals surface area contributed by atoms with Gasteiger partial charge in [0, 0.05) is 38.6 Å². The second-order valence-corrected chi connectivity index (χ2v) is 11.1. The van der Waals surface area contributed by atoms with Crippen molar-refractivity contribution in [3.63, 3.8) is 0 Å². The molecule has 0 aliphatic carbocycles. The second-order valence-electron chi connectivity index (χ2n) is 11.1. The molecular weight excluding hydrogens is 502 g/mol. The number of carbonyl (C=O) groups excluding carboxylic acids is 2. The SMILES string of the molecule is COCCCOc1cc(C[C@@H](C[C@H](N)[C@@H](O)C[C@H](C(=O)NC[C@@H]2COC(=O)N2)C(C)C)C(C)C)ccc1OC. The number of rotatable bonds is 18. The van der Waals surface area contributed by atoms with Crippen LogP contribution in [0, 0.1) is 23.7 Å². The van der Waals surface area contributed by atoms with Crippen molar-refractivity contribution >= 4 is 12.0 Å². The van der Waals surface area contributed by atoms with Gasteiger partial charge in [-0.15, -0.1) is 0 Å². The number of ether oxygens (including phenoxy) is 4. The highest BCUT2D eigenvalue weighted by molar-refractivity contribution is 5.79. The maximum Gasteiger partial charge on any atom is 0.407 e. The Morgan fingerprint density at radius 3 is 2.49 bits per heavy atom. The number of aliphatic hydroxyl groups is 1. The lowest BCUT2D eigenvalue weighted by atomic mass is 9.81. The van der Waals surface area contributed by atoms with Gasteiger partial charge in [0.1, 0.15) is 6.61 Å². The quantitative estimate of drug-likeness (QED) is 0.204. The van der Waals surface area contributed by atoms with Gasteiger partial charge in [-0.25, -0.2) is 4.79 Å². The summed E-state index contributed by atoms with van der Waals surface area (Å²) in [5.41, 5.74) is 7.63. The van der Waals surface area contributed by atoms with Crippen LogP contribution in [0.3, 0.4) is 0 Å². The van der Waals surface area contributed by atoms with Crippen LogP contribution in [0.1, 0.15) is 52.5 Å². The lowest BCUT2D eigenvalue weighted by molar-refractivity contribution is -0.127. The standard InChI is InChI=1S/C29H49N3O7/c1-18(2)21(12-20-8-9-26(37-6)27(13-20)38-11-7-10-36-5)14-24(30)25(33)15-23(19(3)4)28(34)31-16-22-17-39-29(35)32-22/h8-9,13,18-19,21-25,33H,7,10-12,14-17,30H2,1-6H3,(H,31,34)(H,32,35)/t21-,22+,23-,24-,25-/m0/s1. The van der Waals surface area contributed by atoms with Gasteiger partial charge in [0.15, 0.2) is 11.5 Å². The molecule has 2 amide bonds. The Bertz CT molecular complexity index is 896. The maximum atomic E-state index is 12.9. The fraction of sp³-hybridized carbons (Fsp3) is 0.724. The van der Waals surface area contributed by atoms with E-state index >= 15 is 0 Å². The molecule has 222 valence electrons. The Kier molecular flexibility index (Phi) is 13.8. The molecule has 0 bridgehead atoms. The van der Waals surface area contributed by atoms with Crippen LogP contribution in [0.4, 0.5) is 4.79 Å². The van der Waals surface area contributed by atoms with Crippen molar-refractivity contribution in [2.24, 2.45) is 29.4 Å². The highest BCUT2D eigenvalue weighted by atomic mass is 16.6. The van der Waals surface area contributed by atoms with E-state index in [9.17, 15) is 14.7 Å². The first-order valence-corrected chi connectivity index (χ1v) is 14.0. The molecule has 0 saturated carbocycles. The Balaban J connectivity index is 1.97. The number of amides is 2. The second kappa shape index (κ2) is 16.5. The number of cyclic esters (lactones) is 1. The predicted molar refractivity (Wildman–Crippen MR) is 150 cm³/mol. The van der Waals surface area contributed by atoms with Gasteiger partial charge in [-0.05, 0) is 54.7 Å². The minimum absolute atomic E-state index is 0.0174. The Labute approximate surface area is 233 Å². The van der Waals surface area contributed by atoms with Crippen LogP contribution in [0.15, 0.2) is 18.2 Å². The Hall–Kier alpha value is -2.56. The topological polar surface area (TPSA) is 141 Å². The zero-order chi connectivity index (χ0) is 28.9. The molecule has 1 aromatic carbocycles. The number of aliphatic hydroxyl groups excluding tert-OH is 1. The fourth-order valence-electron chi connectivity index (χ4n) is 4.75. The number of carbonyl (C=O) groups is 2. The van der Waals surface area contributed by atoms with Crippen molar-refractivity contribution < 1.29 is 33.6 Å². The molecule has 5 N–H and O–H groups in total. The molecule has 10 heteroatoms. The van der Waals surface area contributed by atoms with Crippen LogP contribution in [0.2, 0.25) is 0 Å². The van der Waals surface area contributed by atoms with Crippen molar-refractivity contribution in [2.45, 2.75) is 71.6 Å². The van der Waals surface area contributed by atoms with E-state index < -0.39 is 24.2 Å². The van der Waals surface area contributed by atoms with Gasteiger partial charge in [-0.1, -0.05) is 33.8 Å². The van der Waals surface area contributed by atoms with Gasteiger partial charge in [-0.2, -0.15) is 0 Å². The summed E-state index contributed by atoms with van der Waals surface area (Å²) in [5, 5.41) is 16.6. The predicted octanol–water partition coefficient (Wildman–Crippen LogP) is 2.89. The van der Waals surface area contributed by atoms with Crippen molar-refractivity contribution in [3.05, 3.63) is 23.8 Å². The van der Waals surface area contributed by atoms with Crippen molar-refractivity contribution in [1.29, 1.82) is 0 Å². The molecule has 5 atom stereocenters.